The van der Waals surface area contributed by atoms with Gasteiger partial charge in [0.05, 0.1) is 0 Å². The highest BCUT2D eigenvalue weighted by Gasteiger charge is 2.40. The summed E-state index contributed by atoms with van der Waals surface area (Å²) in [5, 5.41) is 3.24. The van der Waals surface area contributed by atoms with Crippen molar-refractivity contribution in [3.05, 3.63) is 23.0 Å². The van der Waals surface area contributed by atoms with Gasteiger partial charge in [0.2, 0.25) is 5.91 Å². The van der Waals surface area contributed by atoms with Gasteiger partial charge in [0, 0.05) is 29.9 Å². The zero-order chi connectivity index (χ0) is 14.2. The molecular formula is C16H26N2O. The van der Waals surface area contributed by atoms with Crippen molar-refractivity contribution in [1.29, 1.82) is 0 Å². The number of nitrogens with one attached hydrogen (secondary N) is 1. The van der Waals surface area contributed by atoms with Gasteiger partial charge in [0.15, 0.2) is 0 Å². The van der Waals surface area contributed by atoms with Gasteiger partial charge < -0.3 is 9.88 Å². The summed E-state index contributed by atoms with van der Waals surface area (Å²) in [6.07, 6.45) is 2.58. The van der Waals surface area contributed by atoms with Crippen molar-refractivity contribution in [3.8, 4) is 0 Å². The molecule has 1 saturated heterocycles. The van der Waals surface area contributed by atoms with Crippen LogP contribution in [-0.2, 0) is 17.8 Å². The maximum Gasteiger partial charge on any atom is 0.220 e. The minimum Gasteiger partial charge on any atom is -0.350 e. The summed E-state index contributed by atoms with van der Waals surface area (Å²) in [6.45, 7) is 12.0. The van der Waals surface area contributed by atoms with E-state index in [4.69, 9.17) is 0 Å². The van der Waals surface area contributed by atoms with Crippen molar-refractivity contribution in [3.63, 3.8) is 0 Å². The molecule has 0 aliphatic carbocycles. The second kappa shape index (κ2) is 5.03. The zero-order valence-corrected chi connectivity index (χ0v) is 12.8. The molecule has 0 radical (unpaired) electrons. The fourth-order valence-corrected chi connectivity index (χ4v) is 3.39. The number of aryl methyl sites for hydroxylation is 1. The van der Waals surface area contributed by atoms with Crippen LogP contribution >= 0.6 is 0 Å². The largest absolute Gasteiger partial charge is 0.350 e. The van der Waals surface area contributed by atoms with Crippen molar-refractivity contribution >= 4 is 5.91 Å². The maximum atomic E-state index is 11.7. The van der Waals surface area contributed by atoms with E-state index < -0.39 is 0 Å². The summed E-state index contributed by atoms with van der Waals surface area (Å²) >= 11 is 0. The minimum absolute atomic E-state index is 0.0474. The molecule has 1 fully saturated rings. The van der Waals surface area contributed by atoms with Crippen LogP contribution < -0.4 is 5.32 Å². The molecule has 0 bridgehead atoms. The van der Waals surface area contributed by atoms with Crippen LogP contribution in [0.5, 0.6) is 0 Å². The van der Waals surface area contributed by atoms with Gasteiger partial charge in [-0.15, -0.1) is 0 Å². The highest BCUT2D eigenvalue weighted by molar-refractivity contribution is 5.79. The first-order valence-corrected chi connectivity index (χ1v) is 7.36. The third-order valence-corrected chi connectivity index (χ3v) is 4.79. The molecule has 2 heterocycles. The topological polar surface area (TPSA) is 34.0 Å². The standard InChI is InChI=1S/C16H26N2O/c1-6-18-12(4)9-14(13(18)5)10-16(11(2)3)8-7-15(19)17-16/h9,11H,6-8,10H2,1-5H3,(H,17,19). The molecule has 1 unspecified atom stereocenters. The number of aromatic nitrogens is 1. The fraction of sp³-hybridized carbons (Fsp3) is 0.688. The highest BCUT2D eigenvalue weighted by Crippen LogP contribution is 2.33. The normalized spacial score (nSPS) is 23.2. The Morgan fingerprint density at radius 2 is 2.11 bits per heavy atom. The summed E-state index contributed by atoms with van der Waals surface area (Å²) in [5.41, 5.74) is 4.00. The summed E-state index contributed by atoms with van der Waals surface area (Å²) in [7, 11) is 0. The average Bonchev–Trinajstić information content (AvgIpc) is 2.83. The Labute approximate surface area is 116 Å². The summed E-state index contributed by atoms with van der Waals surface area (Å²) in [4.78, 5) is 11.7. The van der Waals surface area contributed by atoms with E-state index in [2.05, 4.69) is 50.6 Å². The Morgan fingerprint density at radius 1 is 1.42 bits per heavy atom. The quantitative estimate of drug-likeness (QED) is 0.889. The number of rotatable bonds is 4. The van der Waals surface area contributed by atoms with E-state index >= 15 is 0 Å². The van der Waals surface area contributed by atoms with Crippen LogP contribution in [0.4, 0.5) is 0 Å². The van der Waals surface area contributed by atoms with E-state index in [1.165, 1.54) is 17.0 Å². The lowest BCUT2D eigenvalue weighted by molar-refractivity contribution is -0.120. The number of nitrogens with zero attached hydrogens (tertiary/aromatic N) is 1. The maximum absolute atomic E-state index is 11.7. The Balaban J connectivity index is 2.31. The first-order chi connectivity index (χ1) is 8.89. The monoisotopic (exact) mass is 262 g/mol. The lowest BCUT2D eigenvalue weighted by atomic mass is 9.80. The van der Waals surface area contributed by atoms with Crippen LogP contribution in [0.25, 0.3) is 0 Å². The average molecular weight is 262 g/mol. The van der Waals surface area contributed by atoms with E-state index in [-0.39, 0.29) is 11.4 Å². The molecule has 3 nitrogen and oxygen atoms in total. The molecule has 1 aliphatic heterocycles. The van der Waals surface area contributed by atoms with E-state index in [1.807, 2.05) is 0 Å². The third-order valence-electron chi connectivity index (χ3n) is 4.79. The lowest BCUT2D eigenvalue weighted by Gasteiger charge is -2.33. The van der Waals surface area contributed by atoms with Crippen LogP contribution in [-0.4, -0.2) is 16.0 Å². The van der Waals surface area contributed by atoms with Gasteiger partial charge in [-0.3, -0.25) is 4.79 Å². The van der Waals surface area contributed by atoms with E-state index in [0.717, 1.165) is 19.4 Å². The fourth-order valence-electron chi connectivity index (χ4n) is 3.39. The molecule has 1 atom stereocenters. The first-order valence-electron chi connectivity index (χ1n) is 7.36. The van der Waals surface area contributed by atoms with Gasteiger partial charge in [-0.25, -0.2) is 0 Å². The Kier molecular flexibility index (Phi) is 3.75. The smallest absolute Gasteiger partial charge is 0.220 e. The van der Waals surface area contributed by atoms with Crippen molar-refractivity contribution < 1.29 is 4.79 Å². The number of carbonyl (C=O) groups is 1. The van der Waals surface area contributed by atoms with E-state index in [0.29, 0.717) is 12.3 Å². The van der Waals surface area contributed by atoms with Crippen LogP contribution in [0, 0.1) is 19.8 Å². The Hall–Kier alpha value is -1.25. The van der Waals surface area contributed by atoms with Crippen molar-refractivity contribution in [2.75, 3.05) is 0 Å². The number of amides is 1. The zero-order valence-electron chi connectivity index (χ0n) is 12.8. The summed E-state index contributed by atoms with van der Waals surface area (Å²) in [5.74, 6) is 0.668. The Morgan fingerprint density at radius 3 is 2.53 bits per heavy atom. The van der Waals surface area contributed by atoms with Gasteiger partial charge >= 0.3 is 0 Å². The van der Waals surface area contributed by atoms with Gasteiger partial charge in [-0.1, -0.05) is 13.8 Å². The van der Waals surface area contributed by atoms with Gasteiger partial charge in [0.1, 0.15) is 0 Å². The highest BCUT2D eigenvalue weighted by atomic mass is 16.2. The third kappa shape index (κ3) is 2.43. The number of hydrogen-bond acceptors (Lipinski definition) is 1. The van der Waals surface area contributed by atoms with Gasteiger partial charge in [-0.2, -0.15) is 0 Å². The molecule has 1 aromatic heterocycles. The summed E-state index contributed by atoms with van der Waals surface area (Å²) in [6, 6.07) is 2.29. The first kappa shape index (κ1) is 14.2. The van der Waals surface area contributed by atoms with Gasteiger partial charge in [0.25, 0.3) is 0 Å². The summed E-state index contributed by atoms with van der Waals surface area (Å²) < 4.78 is 2.35. The van der Waals surface area contributed by atoms with Crippen LogP contribution in [0.3, 0.4) is 0 Å². The molecule has 106 valence electrons. The second-order valence-corrected chi connectivity index (χ2v) is 6.18. The minimum atomic E-state index is -0.0474. The molecule has 1 N–H and O–H groups in total. The molecule has 0 spiro atoms. The Bertz CT molecular complexity index is 487. The molecule has 0 aromatic carbocycles. The van der Waals surface area contributed by atoms with Crippen molar-refractivity contribution in [2.24, 2.45) is 5.92 Å². The van der Waals surface area contributed by atoms with Crippen LogP contribution in [0.15, 0.2) is 6.07 Å². The molecule has 3 heteroatoms. The van der Waals surface area contributed by atoms with Gasteiger partial charge in [-0.05, 0) is 51.2 Å². The van der Waals surface area contributed by atoms with Crippen molar-refractivity contribution in [1.82, 2.24) is 9.88 Å². The van der Waals surface area contributed by atoms with Crippen molar-refractivity contribution in [2.45, 2.75) is 66.0 Å². The SMILES string of the molecule is CCn1c(C)cc(CC2(C(C)C)CCC(=O)N2)c1C. The molecule has 1 aliphatic rings. The lowest BCUT2D eigenvalue weighted by Crippen LogP contribution is -2.48. The molecule has 19 heavy (non-hydrogen) atoms. The number of carbonyl (C=O) groups excluding carboxylic acids is 1. The molecule has 1 aromatic rings. The number of hydrogen-bond donors (Lipinski definition) is 1. The van der Waals surface area contributed by atoms with Crippen LogP contribution in [0.2, 0.25) is 0 Å². The van der Waals surface area contributed by atoms with E-state index in [1.54, 1.807) is 0 Å². The van der Waals surface area contributed by atoms with E-state index in [9.17, 15) is 4.79 Å². The second-order valence-electron chi connectivity index (χ2n) is 6.18. The predicted molar refractivity (Wildman–Crippen MR) is 78.2 cm³/mol. The van der Waals surface area contributed by atoms with Crippen LogP contribution in [0.1, 0.15) is 50.6 Å². The predicted octanol–water partition coefficient (Wildman–Crippen LogP) is 2.97. The molecule has 1 amide bonds. The molecular weight excluding hydrogens is 236 g/mol. The molecule has 0 saturated carbocycles. The molecule has 2 rings (SSSR count).